The smallest absolute Gasteiger partial charge is 0.163 e. The number of allylic oxidation sites excluding steroid dienone is 2. The molecule has 2 nitrogen and oxygen atoms in total. The second-order valence-electron chi connectivity index (χ2n) is 3.79. The van der Waals surface area contributed by atoms with Crippen molar-refractivity contribution in [3.05, 3.63) is 41.5 Å². The van der Waals surface area contributed by atoms with Crippen LogP contribution in [-0.2, 0) is 0 Å². The minimum Gasteiger partial charge on any atom is -0.508 e. The van der Waals surface area contributed by atoms with Gasteiger partial charge in [-0.2, -0.15) is 0 Å². The lowest BCUT2D eigenvalue weighted by Gasteiger charge is -1.99. The summed E-state index contributed by atoms with van der Waals surface area (Å²) in [6.07, 6.45) is 3.36. The molecular weight excluding hydrogens is 188 g/mol. The molecule has 0 radical (unpaired) electrons. The van der Waals surface area contributed by atoms with Crippen LogP contribution < -0.4 is 0 Å². The van der Waals surface area contributed by atoms with Crippen molar-refractivity contribution in [1.29, 1.82) is 0 Å². The molecule has 0 aliphatic heterocycles. The molecule has 0 heterocycles. The van der Waals surface area contributed by atoms with E-state index in [9.17, 15) is 4.79 Å². The number of rotatable bonds is 4. The zero-order valence-electron chi connectivity index (χ0n) is 9.16. The summed E-state index contributed by atoms with van der Waals surface area (Å²) in [6.45, 7) is 4.04. The highest BCUT2D eigenvalue weighted by Crippen LogP contribution is 2.12. The second kappa shape index (κ2) is 5.35. The first kappa shape index (κ1) is 11.5. The van der Waals surface area contributed by atoms with Gasteiger partial charge in [-0.05, 0) is 44.5 Å². The van der Waals surface area contributed by atoms with Crippen molar-refractivity contribution in [1.82, 2.24) is 0 Å². The average Bonchev–Trinajstić information content (AvgIpc) is 2.18. The van der Waals surface area contributed by atoms with E-state index in [0.717, 1.165) is 6.42 Å². The quantitative estimate of drug-likeness (QED) is 0.603. The Morgan fingerprint density at radius 3 is 2.40 bits per heavy atom. The fourth-order valence-corrected chi connectivity index (χ4v) is 1.28. The van der Waals surface area contributed by atoms with Crippen LogP contribution in [0.15, 0.2) is 35.9 Å². The number of phenolic OH excluding ortho intramolecular Hbond substituents is 1. The van der Waals surface area contributed by atoms with Gasteiger partial charge in [-0.1, -0.05) is 11.6 Å². The third-order valence-corrected chi connectivity index (χ3v) is 2.11. The summed E-state index contributed by atoms with van der Waals surface area (Å²) in [5.74, 6) is 0.309. The van der Waals surface area contributed by atoms with E-state index < -0.39 is 0 Å². The van der Waals surface area contributed by atoms with E-state index in [2.05, 4.69) is 6.08 Å². The third kappa shape index (κ3) is 3.98. The Morgan fingerprint density at radius 1 is 1.27 bits per heavy atom. The zero-order chi connectivity index (χ0) is 11.3. The van der Waals surface area contributed by atoms with E-state index in [0.29, 0.717) is 12.0 Å². The average molecular weight is 204 g/mol. The molecular formula is C13H16O2. The maximum atomic E-state index is 11.6. The highest BCUT2D eigenvalue weighted by molar-refractivity contribution is 5.96. The summed E-state index contributed by atoms with van der Waals surface area (Å²) >= 11 is 0. The van der Waals surface area contributed by atoms with Crippen LogP contribution >= 0.6 is 0 Å². The Morgan fingerprint density at radius 2 is 1.87 bits per heavy atom. The van der Waals surface area contributed by atoms with Crippen LogP contribution in [0.25, 0.3) is 0 Å². The fourth-order valence-electron chi connectivity index (χ4n) is 1.28. The third-order valence-electron chi connectivity index (χ3n) is 2.11. The van der Waals surface area contributed by atoms with Crippen molar-refractivity contribution < 1.29 is 9.90 Å². The Hall–Kier alpha value is -1.57. The van der Waals surface area contributed by atoms with Gasteiger partial charge >= 0.3 is 0 Å². The number of benzene rings is 1. The van der Waals surface area contributed by atoms with Gasteiger partial charge in [0, 0.05) is 12.0 Å². The molecule has 80 valence electrons. The van der Waals surface area contributed by atoms with E-state index >= 15 is 0 Å². The summed E-state index contributed by atoms with van der Waals surface area (Å²) in [7, 11) is 0. The van der Waals surface area contributed by atoms with Crippen LogP contribution in [0.4, 0.5) is 0 Å². The first-order valence-corrected chi connectivity index (χ1v) is 5.05. The van der Waals surface area contributed by atoms with Gasteiger partial charge in [0.2, 0.25) is 0 Å². The van der Waals surface area contributed by atoms with Crippen molar-refractivity contribution >= 4 is 5.78 Å². The Balaban J connectivity index is 2.54. The molecule has 1 N–H and O–H groups in total. The van der Waals surface area contributed by atoms with Crippen molar-refractivity contribution in [3.63, 3.8) is 0 Å². The van der Waals surface area contributed by atoms with Crippen LogP contribution in [0.2, 0.25) is 0 Å². The van der Waals surface area contributed by atoms with E-state index in [1.54, 1.807) is 12.1 Å². The molecule has 0 fully saturated rings. The monoisotopic (exact) mass is 204 g/mol. The molecule has 0 amide bonds. The van der Waals surface area contributed by atoms with E-state index in [4.69, 9.17) is 5.11 Å². The zero-order valence-corrected chi connectivity index (χ0v) is 9.16. The molecule has 0 aliphatic carbocycles. The van der Waals surface area contributed by atoms with Crippen molar-refractivity contribution in [3.8, 4) is 5.75 Å². The van der Waals surface area contributed by atoms with E-state index in [1.165, 1.54) is 17.7 Å². The number of carbonyl (C=O) groups excluding carboxylic acids is 1. The van der Waals surface area contributed by atoms with Gasteiger partial charge in [-0.3, -0.25) is 4.79 Å². The predicted octanol–water partition coefficient (Wildman–Crippen LogP) is 3.32. The summed E-state index contributed by atoms with van der Waals surface area (Å²) in [5, 5.41) is 9.07. The van der Waals surface area contributed by atoms with E-state index in [1.807, 2.05) is 13.8 Å². The first-order chi connectivity index (χ1) is 7.09. The fraction of sp³-hybridized carbons (Fsp3) is 0.308. The lowest BCUT2D eigenvalue weighted by atomic mass is 10.1. The van der Waals surface area contributed by atoms with Crippen LogP contribution in [-0.4, -0.2) is 10.9 Å². The molecule has 1 aromatic rings. The van der Waals surface area contributed by atoms with Gasteiger partial charge in [-0.25, -0.2) is 0 Å². The molecule has 0 atom stereocenters. The lowest BCUT2D eigenvalue weighted by molar-refractivity contribution is 0.0983. The maximum absolute atomic E-state index is 11.6. The van der Waals surface area contributed by atoms with Crippen LogP contribution in [0.5, 0.6) is 5.75 Å². The van der Waals surface area contributed by atoms with Gasteiger partial charge in [0.1, 0.15) is 5.75 Å². The molecule has 0 aliphatic rings. The Labute approximate surface area is 90.3 Å². The summed E-state index contributed by atoms with van der Waals surface area (Å²) < 4.78 is 0. The summed E-state index contributed by atoms with van der Waals surface area (Å²) in [4.78, 5) is 11.6. The molecule has 1 rings (SSSR count). The molecule has 15 heavy (non-hydrogen) atoms. The highest BCUT2D eigenvalue weighted by Gasteiger charge is 2.03. The predicted molar refractivity (Wildman–Crippen MR) is 61.1 cm³/mol. The number of ketones is 1. The van der Waals surface area contributed by atoms with Gasteiger partial charge < -0.3 is 5.11 Å². The first-order valence-electron chi connectivity index (χ1n) is 5.05. The number of phenols is 1. The number of Topliss-reactive ketones (excluding diaryl/α,β-unsaturated/α-hetero) is 1. The van der Waals surface area contributed by atoms with Crippen molar-refractivity contribution in [2.75, 3.05) is 0 Å². The highest BCUT2D eigenvalue weighted by atomic mass is 16.3. The van der Waals surface area contributed by atoms with Crippen LogP contribution in [0.3, 0.4) is 0 Å². The summed E-state index contributed by atoms with van der Waals surface area (Å²) in [6, 6.07) is 6.38. The Kier molecular flexibility index (Phi) is 4.10. The second-order valence-corrected chi connectivity index (χ2v) is 3.79. The number of carbonyl (C=O) groups is 1. The van der Waals surface area contributed by atoms with Crippen molar-refractivity contribution in [2.45, 2.75) is 26.7 Å². The number of hydrogen-bond acceptors (Lipinski definition) is 2. The van der Waals surface area contributed by atoms with E-state index in [-0.39, 0.29) is 11.5 Å². The minimum atomic E-state index is 0.118. The molecule has 0 aromatic heterocycles. The number of aromatic hydroxyl groups is 1. The lowest BCUT2D eigenvalue weighted by Crippen LogP contribution is -1.97. The maximum Gasteiger partial charge on any atom is 0.163 e. The minimum absolute atomic E-state index is 0.118. The van der Waals surface area contributed by atoms with Gasteiger partial charge in [0.05, 0.1) is 0 Å². The molecule has 0 bridgehead atoms. The van der Waals surface area contributed by atoms with Gasteiger partial charge in [0.25, 0.3) is 0 Å². The molecule has 0 saturated heterocycles. The summed E-state index contributed by atoms with van der Waals surface area (Å²) in [5.41, 5.74) is 1.89. The van der Waals surface area contributed by atoms with Crippen LogP contribution in [0.1, 0.15) is 37.0 Å². The molecule has 0 unspecified atom stereocenters. The molecule has 1 aromatic carbocycles. The molecule has 0 saturated carbocycles. The van der Waals surface area contributed by atoms with Crippen LogP contribution in [0, 0.1) is 0 Å². The van der Waals surface area contributed by atoms with Gasteiger partial charge in [-0.15, -0.1) is 0 Å². The molecule has 0 spiro atoms. The van der Waals surface area contributed by atoms with Crippen molar-refractivity contribution in [2.24, 2.45) is 0 Å². The largest absolute Gasteiger partial charge is 0.508 e. The SMILES string of the molecule is CC(C)=CCCC(=O)c1ccc(O)cc1. The van der Waals surface area contributed by atoms with Gasteiger partial charge in [0.15, 0.2) is 5.78 Å². The standard InChI is InChI=1S/C13H16O2/c1-10(2)4-3-5-13(15)11-6-8-12(14)9-7-11/h4,6-9,14H,3,5H2,1-2H3. The topological polar surface area (TPSA) is 37.3 Å². The molecule has 2 heteroatoms. The normalized spacial score (nSPS) is 9.73. The Bertz CT molecular complexity index is 357. The number of hydrogen-bond donors (Lipinski definition) is 1.